The standard InChI is InChI=1S/C26H34Cl2N4O10/c27-21-13-19(25(33)23(15-21)31(35)36)17-29-1-5-39-9-10-41-7-3-30(4-8-42-12-11-40-6-2-29)18-20-14-22(28)16-24(26(20)34)32(37)38/h13-16,33-34H,1-12,17-18H2. The molecule has 0 amide bonds. The Bertz CT molecular complexity index is 1090. The van der Waals surface area contributed by atoms with Crippen molar-refractivity contribution in [3.63, 3.8) is 0 Å². The molecule has 1 aliphatic rings. The van der Waals surface area contributed by atoms with Crippen molar-refractivity contribution in [1.82, 2.24) is 9.80 Å². The van der Waals surface area contributed by atoms with E-state index in [9.17, 15) is 30.4 Å². The summed E-state index contributed by atoms with van der Waals surface area (Å²) in [4.78, 5) is 25.0. The van der Waals surface area contributed by atoms with Crippen LogP contribution in [0.2, 0.25) is 10.0 Å². The van der Waals surface area contributed by atoms with Crippen molar-refractivity contribution < 1.29 is 39.0 Å². The van der Waals surface area contributed by atoms with Crippen LogP contribution in [0.25, 0.3) is 0 Å². The molecule has 1 fully saturated rings. The third-order valence-electron chi connectivity index (χ3n) is 6.40. The molecule has 0 atom stereocenters. The van der Waals surface area contributed by atoms with Crippen LogP contribution in [0.1, 0.15) is 11.1 Å². The first-order chi connectivity index (χ1) is 20.2. The monoisotopic (exact) mass is 632 g/mol. The molecule has 1 heterocycles. The third-order valence-corrected chi connectivity index (χ3v) is 6.84. The molecular formula is C26H34Cl2N4O10. The molecule has 3 rings (SSSR count). The van der Waals surface area contributed by atoms with Gasteiger partial charge in [0.25, 0.3) is 0 Å². The Morgan fingerprint density at radius 2 is 0.929 bits per heavy atom. The summed E-state index contributed by atoms with van der Waals surface area (Å²) >= 11 is 12.1. The Morgan fingerprint density at radius 3 is 1.21 bits per heavy atom. The van der Waals surface area contributed by atoms with E-state index in [1.807, 2.05) is 9.80 Å². The lowest BCUT2D eigenvalue weighted by Gasteiger charge is -2.24. The van der Waals surface area contributed by atoms with E-state index in [2.05, 4.69) is 0 Å². The van der Waals surface area contributed by atoms with Gasteiger partial charge in [-0.15, -0.1) is 0 Å². The van der Waals surface area contributed by atoms with Gasteiger partial charge in [-0.3, -0.25) is 30.0 Å². The highest BCUT2D eigenvalue weighted by atomic mass is 35.5. The average molecular weight is 633 g/mol. The quantitative estimate of drug-likeness (QED) is 0.351. The fourth-order valence-electron chi connectivity index (χ4n) is 4.24. The van der Waals surface area contributed by atoms with Crippen molar-refractivity contribution >= 4 is 34.6 Å². The lowest BCUT2D eigenvalue weighted by Crippen LogP contribution is -2.32. The van der Waals surface area contributed by atoms with E-state index in [1.54, 1.807) is 0 Å². The van der Waals surface area contributed by atoms with Crippen LogP contribution in [0, 0.1) is 20.2 Å². The van der Waals surface area contributed by atoms with Gasteiger partial charge in [-0.2, -0.15) is 0 Å². The summed E-state index contributed by atoms with van der Waals surface area (Å²) in [6.07, 6.45) is 0. The van der Waals surface area contributed by atoms with Gasteiger partial charge in [-0.25, -0.2) is 0 Å². The largest absolute Gasteiger partial charge is 0.502 e. The van der Waals surface area contributed by atoms with Gasteiger partial charge in [0.2, 0.25) is 0 Å². The molecule has 1 aliphatic heterocycles. The number of nitrogens with zero attached hydrogens (tertiary/aromatic N) is 4. The van der Waals surface area contributed by atoms with E-state index in [0.717, 1.165) is 12.1 Å². The Morgan fingerprint density at radius 1 is 0.619 bits per heavy atom. The van der Waals surface area contributed by atoms with Crippen molar-refractivity contribution in [2.45, 2.75) is 13.1 Å². The van der Waals surface area contributed by atoms with Gasteiger partial charge in [0.1, 0.15) is 0 Å². The molecule has 14 nitrogen and oxygen atoms in total. The number of ether oxygens (including phenoxy) is 4. The lowest BCUT2D eigenvalue weighted by atomic mass is 10.1. The highest BCUT2D eigenvalue weighted by Crippen LogP contribution is 2.35. The van der Waals surface area contributed by atoms with Gasteiger partial charge < -0.3 is 29.2 Å². The number of halogens is 2. The van der Waals surface area contributed by atoms with Crippen molar-refractivity contribution in [2.75, 3.05) is 79.0 Å². The Balaban J connectivity index is 1.56. The fourth-order valence-corrected chi connectivity index (χ4v) is 4.71. The number of nitro groups is 2. The third kappa shape index (κ3) is 10.8. The van der Waals surface area contributed by atoms with Crippen LogP contribution >= 0.6 is 23.2 Å². The van der Waals surface area contributed by atoms with E-state index in [1.165, 1.54) is 12.1 Å². The van der Waals surface area contributed by atoms with E-state index in [-0.39, 0.29) is 23.1 Å². The van der Waals surface area contributed by atoms with Crippen LogP contribution in [0.5, 0.6) is 11.5 Å². The predicted octanol–water partition coefficient (Wildman–Crippen LogP) is 3.61. The topological polar surface area (TPSA) is 170 Å². The number of rotatable bonds is 6. The summed E-state index contributed by atoms with van der Waals surface area (Å²) in [6.45, 7) is 4.91. The van der Waals surface area contributed by atoms with E-state index >= 15 is 0 Å². The van der Waals surface area contributed by atoms with Crippen LogP contribution in [-0.2, 0) is 32.0 Å². The minimum absolute atomic E-state index is 0.155. The highest BCUT2D eigenvalue weighted by molar-refractivity contribution is 6.31. The minimum atomic E-state index is -0.678. The van der Waals surface area contributed by atoms with Crippen molar-refractivity contribution in [1.29, 1.82) is 0 Å². The number of nitro benzene ring substituents is 2. The number of phenolic OH excluding ortho intramolecular Hbond substituents is 2. The first-order valence-electron chi connectivity index (χ1n) is 13.2. The summed E-state index contributed by atoms with van der Waals surface area (Å²) < 4.78 is 22.8. The molecule has 0 bridgehead atoms. The Labute approximate surface area is 252 Å². The van der Waals surface area contributed by atoms with Gasteiger partial charge in [0.15, 0.2) is 11.5 Å². The van der Waals surface area contributed by atoms with Crippen LogP contribution in [0.15, 0.2) is 24.3 Å². The second-order valence-electron chi connectivity index (χ2n) is 9.38. The van der Waals surface area contributed by atoms with Crippen LogP contribution < -0.4 is 0 Å². The molecule has 2 aromatic rings. The molecule has 0 spiro atoms. The molecule has 232 valence electrons. The van der Waals surface area contributed by atoms with Crippen LogP contribution in [0.3, 0.4) is 0 Å². The molecule has 0 aromatic heterocycles. The summed E-state index contributed by atoms with van der Waals surface area (Å²) in [5, 5.41) is 43.6. The van der Waals surface area contributed by atoms with Crippen molar-refractivity contribution in [3.8, 4) is 11.5 Å². The smallest absolute Gasteiger partial charge is 0.312 e. The number of hydrogen-bond acceptors (Lipinski definition) is 12. The predicted molar refractivity (Wildman–Crippen MR) is 153 cm³/mol. The van der Waals surface area contributed by atoms with Gasteiger partial charge >= 0.3 is 11.4 Å². The zero-order chi connectivity index (χ0) is 30.5. The van der Waals surface area contributed by atoms with Crippen LogP contribution in [0.4, 0.5) is 11.4 Å². The summed E-state index contributed by atoms with van der Waals surface area (Å²) in [5.41, 5.74) is -0.253. The molecule has 0 aliphatic carbocycles. The maximum atomic E-state index is 11.3. The summed E-state index contributed by atoms with van der Waals surface area (Å²) in [5.74, 6) is -0.851. The molecule has 0 radical (unpaired) electrons. The van der Waals surface area contributed by atoms with E-state index < -0.39 is 32.7 Å². The number of phenols is 2. The van der Waals surface area contributed by atoms with Crippen molar-refractivity contribution in [3.05, 3.63) is 65.7 Å². The molecule has 42 heavy (non-hydrogen) atoms. The Hall–Kier alpha value is -2.82. The molecule has 2 N–H and O–H groups in total. The SMILES string of the molecule is O=[N+]([O-])c1cc(Cl)cc(CN2CCOCCOCCN(Cc3cc(Cl)cc([N+](=O)[O-])c3O)CCOCCOCC2)c1O. The lowest BCUT2D eigenvalue weighted by molar-refractivity contribution is -0.386. The molecular weight excluding hydrogens is 599 g/mol. The second-order valence-corrected chi connectivity index (χ2v) is 10.3. The van der Waals surface area contributed by atoms with Gasteiger partial charge in [-0.05, 0) is 12.1 Å². The van der Waals surface area contributed by atoms with Crippen molar-refractivity contribution in [2.24, 2.45) is 0 Å². The van der Waals surface area contributed by atoms with Gasteiger partial charge in [-0.1, -0.05) is 23.2 Å². The number of aromatic hydroxyl groups is 2. The maximum Gasteiger partial charge on any atom is 0.312 e. The molecule has 16 heteroatoms. The minimum Gasteiger partial charge on any atom is -0.502 e. The first-order valence-corrected chi connectivity index (χ1v) is 14.0. The fraction of sp³-hybridized carbons (Fsp3) is 0.538. The zero-order valence-electron chi connectivity index (χ0n) is 22.9. The molecule has 0 unspecified atom stereocenters. The summed E-state index contributed by atoms with van der Waals surface area (Å²) in [7, 11) is 0. The van der Waals surface area contributed by atoms with E-state index in [4.69, 9.17) is 42.1 Å². The normalized spacial score (nSPS) is 17.8. The zero-order valence-corrected chi connectivity index (χ0v) is 24.4. The molecule has 2 aromatic carbocycles. The van der Waals surface area contributed by atoms with Crippen LogP contribution in [-0.4, -0.2) is 109 Å². The molecule has 0 saturated carbocycles. The van der Waals surface area contributed by atoms with Gasteiger partial charge in [0, 0.05) is 72.6 Å². The Kier molecular flexibility index (Phi) is 13.9. The van der Waals surface area contributed by atoms with E-state index in [0.29, 0.717) is 90.2 Å². The maximum absolute atomic E-state index is 11.3. The summed E-state index contributed by atoms with van der Waals surface area (Å²) in [6, 6.07) is 5.21. The average Bonchev–Trinajstić information content (AvgIpc) is 2.93. The second kappa shape index (κ2) is 17.3. The van der Waals surface area contributed by atoms with Gasteiger partial charge in [0.05, 0.1) is 62.7 Å². The first kappa shape index (κ1) is 33.7. The number of benzene rings is 2. The molecule has 1 saturated heterocycles. The number of hydrogen-bond donors (Lipinski definition) is 2. The highest BCUT2D eigenvalue weighted by Gasteiger charge is 2.22.